The summed E-state index contributed by atoms with van der Waals surface area (Å²) in [6, 6.07) is 3.96. The van der Waals surface area contributed by atoms with Gasteiger partial charge in [0.25, 0.3) is 0 Å². The molecule has 0 spiro atoms. The number of hydrogen-bond acceptors (Lipinski definition) is 4. The highest BCUT2D eigenvalue weighted by atomic mass is 35.5. The summed E-state index contributed by atoms with van der Waals surface area (Å²) in [4.78, 5) is 22.7. The fourth-order valence-electron chi connectivity index (χ4n) is 2.77. The monoisotopic (exact) mass is 487 g/mol. The van der Waals surface area contributed by atoms with Gasteiger partial charge in [-0.05, 0) is 30.7 Å². The van der Waals surface area contributed by atoms with E-state index in [1.165, 1.54) is 18.4 Å². The van der Waals surface area contributed by atoms with Gasteiger partial charge in [-0.2, -0.15) is 26.3 Å². The van der Waals surface area contributed by atoms with Crippen molar-refractivity contribution in [3.8, 4) is 0 Å². The van der Waals surface area contributed by atoms with E-state index in [1.807, 2.05) is 0 Å². The Morgan fingerprint density at radius 2 is 1.43 bits per heavy atom. The van der Waals surface area contributed by atoms with Crippen molar-refractivity contribution in [3.05, 3.63) is 57.1 Å². The molecule has 0 bridgehead atoms. The molecule has 0 aromatic heterocycles. The van der Waals surface area contributed by atoms with Crippen LogP contribution < -0.4 is 5.73 Å². The van der Waals surface area contributed by atoms with E-state index < -0.39 is 61.1 Å². The van der Waals surface area contributed by atoms with E-state index in [9.17, 15) is 35.9 Å². The maximum Gasteiger partial charge on any atom is 0.418 e. The molecule has 1 amide bonds. The summed E-state index contributed by atoms with van der Waals surface area (Å²) < 4.78 is 82.2. The second-order valence-electron chi connectivity index (χ2n) is 5.77. The van der Waals surface area contributed by atoms with Crippen LogP contribution in [0.3, 0.4) is 0 Å². The van der Waals surface area contributed by atoms with Crippen LogP contribution >= 0.6 is 35.1 Å². The molecule has 2 aromatic carbocycles. The number of hydrogen-bond donors (Lipinski definition) is 1. The summed E-state index contributed by atoms with van der Waals surface area (Å²) in [5.41, 5.74) is 0.145. The molecule has 2 rings (SSSR count). The second-order valence-corrected chi connectivity index (χ2v) is 7.81. The summed E-state index contributed by atoms with van der Waals surface area (Å²) in [6.45, 7) is 0. The van der Waals surface area contributed by atoms with E-state index in [0.717, 1.165) is 12.3 Å². The molecule has 0 aliphatic rings. The molecule has 2 aromatic rings. The largest absolute Gasteiger partial charge is 0.418 e. The minimum atomic E-state index is -5.27. The number of carbonyl (C=O) groups excluding carboxylic acids is 2. The van der Waals surface area contributed by atoms with Crippen molar-refractivity contribution in [1.29, 1.82) is 0 Å². The van der Waals surface area contributed by atoms with Crippen LogP contribution in [0.4, 0.5) is 26.3 Å². The van der Waals surface area contributed by atoms with Gasteiger partial charge in [0, 0.05) is 20.9 Å². The number of carbonyl (C=O) groups is 2. The Balaban J connectivity index is 2.95. The molecule has 0 unspecified atom stereocenters. The lowest BCUT2D eigenvalue weighted by Gasteiger charge is -2.23. The van der Waals surface area contributed by atoms with Crippen molar-refractivity contribution in [1.82, 2.24) is 0 Å². The van der Waals surface area contributed by atoms with Crippen LogP contribution in [-0.2, 0) is 12.4 Å². The lowest BCUT2D eigenvalue weighted by molar-refractivity contribution is -0.149. The van der Waals surface area contributed by atoms with Crippen molar-refractivity contribution in [2.45, 2.75) is 22.1 Å². The summed E-state index contributed by atoms with van der Waals surface area (Å²) in [6.07, 6.45) is -8.05. The van der Waals surface area contributed by atoms with Crippen molar-refractivity contribution < 1.29 is 35.9 Å². The minimum absolute atomic E-state index is 0.232. The van der Waals surface area contributed by atoms with Crippen LogP contribution in [0.15, 0.2) is 34.1 Å². The maximum atomic E-state index is 13.8. The standard InChI is InChI=1S/C18H12ClF6NO2S2/c1-29-10-6-9(14(27)7-4-3-5-8(13(7)19)16(26)28)11(17(20,21)22)15(30-2)12(10)18(23,24)25/h3-6H,1-2H3,(H2,26,28). The number of alkyl halides is 6. The Bertz CT molecular complexity index is 1020. The van der Waals surface area contributed by atoms with Crippen molar-refractivity contribution >= 4 is 46.8 Å². The van der Waals surface area contributed by atoms with Crippen molar-refractivity contribution in [2.24, 2.45) is 5.73 Å². The first-order valence-electron chi connectivity index (χ1n) is 7.82. The van der Waals surface area contributed by atoms with Gasteiger partial charge in [0.05, 0.1) is 21.7 Å². The van der Waals surface area contributed by atoms with Crippen molar-refractivity contribution in [3.63, 3.8) is 0 Å². The minimum Gasteiger partial charge on any atom is -0.366 e. The SMILES string of the molecule is CSc1cc(C(=O)c2cccc(C(N)=O)c2Cl)c(C(F)(F)F)c(SC)c1C(F)(F)F. The lowest BCUT2D eigenvalue weighted by atomic mass is 9.94. The summed E-state index contributed by atoms with van der Waals surface area (Å²) >= 11 is 6.75. The molecular formula is C18H12ClF6NO2S2. The zero-order valence-electron chi connectivity index (χ0n) is 15.2. The van der Waals surface area contributed by atoms with Gasteiger partial charge >= 0.3 is 12.4 Å². The Morgan fingerprint density at radius 3 is 1.87 bits per heavy atom. The Labute approximate surface area is 180 Å². The van der Waals surface area contributed by atoms with Gasteiger partial charge in [-0.3, -0.25) is 9.59 Å². The van der Waals surface area contributed by atoms with Gasteiger partial charge in [-0.1, -0.05) is 17.7 Å². The van der Waals surface area contributed by atoms with E-state index in [-0.39, 0.29) is 17.3 Å². The molecule has 0 saturated heterocycles. The van der Waals surface area contributed by atoms with Crippen LogP contribution in [0, 0.1) is 0 Å². The predicted molar refractivity (Wildman–Crippen MR) is 103 cm³/mol. The highest BCUT2D eigenvalue weighted by molar-refractivity contribution is 7.99. The van der Waals surface area contributed by atoms with Gasteiger partial charge in [0.15, 0.2) is 5.78 Å². The first-order valence-corrected chi connectivity index (χ1v) is 10.6. The zero-order valence-corrected chi connectivity index (χ0v) is 17.6. The average Bonchev–Trinajstić information content (AvgIpc) is 2.63. The van der Waals surface area contributed by atoms with Gasteiger partial charge < -0.3 is 5.73 Å². The third kappa shape index (κ3) is 4.57. The van der Waals surface area contributed by atoms with Crippen LogP contribution in [0.1, 0.15) is 37.4 Å². The van der Waals surface area contributed by atoms with E-state index >= 15 is 0 Å². The topological polar surface area (TPSA) is 60.2 Å². The number of rotatable bonds is 5. The summed E-state index contributed by atoms with van der Waals surface area (Å²) in [5, 5.41) is -0.487. The van der Waals surface area contributed by atoms with Gasteiger partial charge in [-0.25, -0.2) is 0 Å². The molecule has 162 valence electrons. The van der Waals surface area contributed by atoms with Gasteiger partial charge in [0.1, 0.15) is 0 Å². The van der Waals surface area contributed by atoms with E-state index in [0.29, 0.717) is 17.8 Å². The molecule has 0 fully saturated rings. The number of primary amides is 1. The van der Waals surface area contributed by atoms with E-state index in [2.05, 4.69) is 0 Å². The Hall–Kier alpha value is -1.85. The van der Waals surface area contributed by atoms with Crippen molar-refractivity contribution in [2.75, 3.05) is 12.5 Å². The fraction of sp³-hybridized carbons (Fsp3) is 0.222. The zero-order chi connectivity index (χ0) is 23.0. The highest BCUT2D eigenvalue weighted by Crippen LogP contribution is 2.49. The quantitative estimate of drug-likeness (QED) is 0.312. The first-order chi connectivity index (χ1) is 13.8. The molecule has 2 N–H and O–H groups in total. The average molecular weight is 488 g/mol. The molecule has 0 heterocycles. The van der Waals surface area contributed by atoms with E-state index in [4.69, 9.17) is 17.3 Å². The molecule has 3 nitrogen and oxygen atoms in total. The Kier molecular flexibility index (Phi) is 7.10. The number of nitrogens with two attached hydrogens (primary N) is 1. The molecule has 0 aliphatic carbocycles. The number of ketones is 1. The smallest absolute Gasteiger partial charge is 0.366 e. The molecule has 12 heteroatoms. The van der Waals surface area contributed by atoms with Crippen LogP contribution in [-0.4, -0.2) is 24.2 Å². The third-order valence-electron chi connectivity index (χ3n) is 3.99. The summed E-state index contributed by atoms with van der Waals surface area (Å²) in [7, 11) is 0. The van der Waals surface area contributed by atoms with Gasteiger partial charge in [-0.15, -0.1) is 23.5 Å². The normalized spacial score (nSPS) is 12.2. The van der Waals surface area contributed by atoms with Crippen LogP contribution in [0.5, 0.6) is 0 Å². The molecule has 0 aliphatic heterocycles. The molecular weight excluding hydrogens is 476 g/mol. The first kappa shape index (κ1) is 24.4. The molecule has 0 atom stereocenters. The number of thioether (sulfide) groups is 2. The van der Waals surface area contributed by atoms with Crippen LogP contribution in [0.25, 0.3) is 0 Å². The fourth-order valence-corrected chi connectivity index (χ4v) is 4.66. The molecule has 0 radical (unpaired) electrons. The third-order valence-corrected chi connectivity index (χ3v) is 5.98. The van der Waals surface area contributed by atoms with Crippen LogP contribution in [0.2, 0.25) is 5.02 Å². The molecule has 0 saturated carbocycles. The predicted octanol–water partition coefficient (Wildman–Crippen LogP) is 6.15. The Morgan fingerprint density at radius 1 is 0.900 bits per heavy atom. The van der Waals surface area contributed by atoms with Gasteiger partial charge in [0.2, 0.25) is 5.91 Å². The lowest BCUT2D eigenvalue weighted by Crippen LogP contribution is -2.21. The highest BCUT2D eigenvalue weighted by Gasteiger charge is 2.45. The number of amides is 1. The summed E-state index contributed by atoms with van der Waals surface area (Å²) in [5.74, 6) is -2.30. The number of benzene rings is 2. The van der Waals surface area contributed by atoms with E-state index in [1.54, 1.807) is 0 Å². The maximum absolute atomic E-state index is 13.8. The molecule has 30 heavy (non-hydrogen) atoms. The second kappa shape index (κ2) is 8.72. The number of halogens is 7.